The summed E-state index contributed by atoms with van der Waals surface area (Å²) in [5.41, 5.74) is 4.05. The molecule has 0 bridgehead atoms. The third-order valence-electron chi connectivity index (χ3n) is 5.63. The molecule has 6 nitrogen and oxygen atoms in total. The highest BCUT2D eigenvalue weighted by atomic mass is 32.1. The molecule has 1 atom stereocenters. The van der Waals surface area contributed by atoms with Crippen LogP contribution in [-0.4, -0.2) is 21.1 Å². The first-order valence-electron chi connectivity index (χ1n) is 10.5. The van der Waals surface area contributed by atoms with Crippen LogP contribution < -0.4 is 5.32 Å². The van der Waals surface area contributed by atoms with Crippen LogP contribution in [-0.2, 0) is 6.54 Å². The van der Waals surface area contributed by atoms with E-state index in [2.05, 4.69) is 15.5 Å². The fraction of sp³-hybridized carbons (Fsp3) is 0.160. The minimum absolute atomic E-state index is 0.239. The van der Waals surface area contributed by atoms with Crippen molar-refractivity contribution in [1.29, 1.82) is 0 Å². The van der Waals surface area contributed by atoms with E-state index in [-0.39, 0.29) is 11.8 Å². The van der Waals surface area contributed by atoms with Gasteiger partial charge in [0, 0.05) is 16.1 Å². The van der Waals surface area contributed by atoms with E-state index in [1.165, 1.54) is 12.1 Å². The van der Waals surface area contributed by atoms with E-state index in [9.17, 15) is 9.18 Å². The van der Waals surface area contributed by atoms with Gasteiger partial charge in [-0.1, -0.05) is 47.1 Å². The molecule has 4 aromatic rings. The Morgan fingerprint density at radius 2 is 1.94 bits per heavy atom. The van der Waals surface area contributed by atoms with Crippen molar-refractivity contribution in [2.24, 2.45) is 0 Å². The molecule has 0 radical (unpaired) electrons. The number of halogens is 1. The number of aromatic nitrogens is 2. The van der Waals surface area contributed by atoms with Crippen LogP contribution in [0.3, 0.4) is 0 Å². The van der Waals surface area contributed by atoms with Crippen LogP contribution in [0.1, 0.15) is 34.9 Å². The van der Waals surface area contributed by atoms with Gasteiger partial charge in [-0.2, -0.15) is 4.98 Å². The number of nitrogens with zero attached hydrogens (tertiary/aromatic N) is 3. The van der Waals surface area contributed by atoms with E-state index < -0.39 is 6.04 Å². The van der Waals surface area contributed by atoms with Crippen LogP contribution in [0.5, 0.6) is 0 Å². The Morgan fingerprint density at radius 3 is 2.67 bits per heavy atom. The van der Waals surface area contributed by atoms with Crippen molar-refractivity contribution >= 4 is 22.9 Å². The number of carbonyl (C=O) groups is 1. The number of thiophene rings is 1. The molecule has 0 fully saturated rings. The molecule has 8 heteroatoms. The lowest BCUT2D eigenvalue weighted by Gasteiger charge is -2.35. The van der Waals surface area contributed by atoms with Crippen LogP contribution in [0.2, 0.25) is 0 Å². The van der Waals surface area contributed by atoms with Crippen LogP contribution in [0.15, 0.2) is 76.3 Å². The lowest BCUT2D eigenvalue weighted by atomic mass is 9.94. The van der Waals surface area contributed by atoms with Crippen molar-refractivity contribution in [3.63, 3.8) is 0 Å². The molecule has 0 saturated heterocycles. The van der Waals surface area contributed by atoms with E-state index in [1.807, 2.05) is 55.6 Å². The van der Waals surface area contributed by atoms with Crippen molar-refractivity contribution in [2.45, 2.75) is 26.4 Å². The highest BCUT2D eigenvalue weighted by Crippen LogP contribution is 2.38. The van der Waals surface area contributed by atoms with Crippen LogP contribution in [0.4, 0.5) is 9.18 Å². The smallest absolute Gasteiger partial charge is 0.322 e. The number of amides is 2. The Hall–Kier alpha value is -3.78. The predicted molar refractivity (Wildman–Crippen MR) is 125 cm³/mol. The Bertz CT molecular complexity index is 1330. The molecule has 33 heavy (non-hydrogen) atoms. The minimum Gasteiger partial charge on any atom is -0.334 e. The number of benzene rings is 2. The SMILES string of the molecule is CC1=C(c2nc(-c3cccc(C)c3)no2)C(c2ccc(F)cc2)NC(=O)N1Cc1cccs1. The molecule has 166 valence electrons. The van der Waals surface area contributed by atoms with Crippen LogP contribution in [0, 0.1) is 12.7 Å². The maximum atomic E-state index is 13.6. The van der Waals surface area contributed by atoms with Gasteiger partial charge in [-0.15, -0.1) is 11.3 Å². The summed E-state index contributed by atoms with van der Waals surface area (Å²) >= 11 is 1.58. The molecule has 1 aliphatic rings. The zero-order chi connectivity index (χ0) is 22.9. The van der Waals surface area contributed by atoms with Gasteiger partial charge in [0.15, 0.2) is 0 Å². The highest BCUT2D eigenvalue weighted by molar-refractivity contribution is 7.09. The zero-order valence-electron chi connectivity index (χ0n) is 18.1. The fourth-order valence-electron chi connectivity index (χ4n) is 3.95. The summed E-state index contributed by atoms with van der Waals surface area (Å²) in [4.78, 5) is 20.4. The van der Waals surface area contributed by atoms with E-state index in [0.29, 0.717) is 29.5 Å². The van der Waals surface area contributed by atoms with Crippen molar-refractivity contribution in [1.82, 2.24) is 20.4 Å². The molecule has 0 saturated carbocycles. The van der Waals surface area contributed by atoms with Crippen LogP contribution >= 0.6 is 11.3 Å². The van der Waals surface area contributed by atoms with Crippen molar-refractivity contribution in [2.75, 3.05) is 0 Å². The zero-order valence-corrected chi connectivity index (χ0v) is 18.9. The molecule has 2 amide bonds. The molecule has 5 rings (SSSR count). The van der Waals surface area contributed by atoms with Crippen molar-refractivity contribution in [3.8, 4) is 11.4 Å². The monoisotopic (exact) mass is 460 g/mol. The van der Waals surface area contributed by atoms with Gasteiger partial charge < -0.3 is 9.84 Å². The number of rotatable bonds is 5. The summed E-state index contributed by atoms with van der Waals surface area (Å²) in [6.45, 7) is 4.30. The van der Waals surface area contributed by atoms with Gasteiger partial charge in [-0.05, 0) is 49.1 Å². The average Bonchev–Trinajstić information content (AvgIpc) is 3.49. The highest BCUT2D eigenvalue weighted by Gasteiger charge is 2.36. The second-order valence-corrected chi connectivity index (χ2v) is 8.92. The first kappa shape index (κ1) is 21.1. The standard InChI is InChI=1S/C25H21FN4O2S/c1-15-5-3-6-18(13-15)23-28-24(32-29-23)21-16(2)30(14-20-7-4-12-33-20)25(31)27-22(21)17-8-10-19(26)11-9-17/h3-13,22H,14H2,1-2H3,(H,27,31). The lowest BCUT2D eigenvalue weighted by molar-refractivity contribution is 0.203. The number of urea groups is 1. The first-order valence-corrected chi connectivity index (χ1v) is 11.4. The van der Waals surface area contributed by atoms with Gasteiger partial charge in [0.25, 0.3) is 5.89 Å². The van der Waals surface area contributed by atoms with E-state index in [4.69, 9.17) is 4.52 Å². The molecule has 1 N–H and O–H groups in total. The first-order chi connectivity index (χ1) is 16.0. The largest absolute Gasteiger partial charge is 0.334 e. The topological polar surface area (TPSA) is 71.3 Å². The summed E-state index contributed by atoms with van der Waals surface area (Å²) in [7, 11) is 0. The Kier molecular flexibility index (Phi) is 5.51. The number of hydrogen-bond acceptors (Lipinski definition) is 5. The summed E-state index contributed by atoms with van der Waals surface area (Å²) in [6.07, 6.45) is 0. The van der Waals surface area contributed by atoms with Gasteiger partial charge in [0.2, 0.25) is 5.82 Å². The third-order valence-corrected chi connectivity index (χ3v) is 6.49. The predicted octanol–water partition coefficient (Wildman–Crippen LogP) is 5.94. The lowest BCUT2D eigenvalue weighted by Crippen LogP contribution is -2.45. The maximum absolute atomic E-state index is 13.6. The van der Waals surface area contributed by atoms with Gasteiger partial charge in [0.1, 0.15) is 5.82 Å². The number of aryl methyl sites for hydroxylation is 1. The third kappa shape index (κ3) is 4.17. The fourth-order valence-corrected chi connectivity index (χ4v) is 4.64. The molecule has 2 aromatic heterocycles. The van der Waals surface area contributed by atoms with Gasteiger partial charge in [-0.3, -0.25) is 4.90 Å². The summed E-state index contributed by atoms with van der Waals surface area (Å²) < 4.78 is 19.3. The molecule has 0 spiro atoms. The Morgan fingerprint density at radius 1 is 1.12 bits per heavy atom. The van der Waals surface area contributed by atoms with Gasteiger partial charge >= 0.3 is 6.03 Å². The van der Waals surface area contributed by atoms with Crippen molar-refractivity contribution < 1.29 is 13.7 Å². The van der Waals surface area contributed by atoms with Crippen LogP contribution in [0.25, 0.3) is 17.0 Å². The summed E-state index contributed by atoms with van der Waals surface area (Å²) in [6, 6.07) is 17.1. The summed E-state index contributed by atoms with van der Waals surface area (Å²) in [5, 5.41) is 9.20. The van der Waals surface area contributed by atoms with Crippen molar-refractivity contribution in [3.05, 3.63) is 99.5 Å². The second kappa shape index (κ2) is 8.63. The maximum Gasteiger partial charge on any atom is 0.322 e. The molecule has 1 aliphatic heterocycles. The van der Waals surface area contributed by atoms with E-state index >= 15 is 0 Å². The molecule has 1 unspecified atom stereocenters. The van der Waals surface area contributed by atoms with E-state index in [1.54, 1.807) is 28.4 Å². The molecule has 0 aliphatic carbocycles. The van der Waals surface area contributed by atoms with Gasteiger partial charge in [0.05, 0.1) is 18.2 Å². The second-order valence-electron chi connectivity index (χ2n) is 7.89. The molecular weight excluding hydrogens is 439 g/mol. The Balaban J connectivity index is 1.60. The minimum atomic E-state index is -0.552. The normalized spacial score (nSPS) is 16.3. The number of carbonyl (C=O) groups excluding carboxylic acids is 1. The molecular formula is C25H21FN4O2S. The number of allylic oxidation sites excluding steroid dienone is 1. The Labute approximate surface area is 194 Å². The quantitative estimate of drug-likeness (QED) is 0.400. The average molecular weight is 461 g/mol. The molecule has 2 aromatic carbocycles. The van der Waals surface area contributed by atoms with Gasteiger partial charge in [-0.25, -0.2) is 9.18 Å². The molecule has 3 heterocycles. The van der Waals surface area contributed by atoms with E-state index in [0.717, 1.165) is 21.6 Å². The summed E-state index contributed by atoms with van der Waals surface area (Å²) in [5.74, 6) is 0.435. The number of nitrogens with one attached hydrogen (secondary N) is 1. The number of hydrogen-bond donors (Lipinski definition) is 1.